The van der Waals surface area contributed by atoms with Gasteiger partial charge in [0.2, 0.25) is 0 Å². The highest BCUT2D eigenvalue weighted by Crippen LogP contribution is 2.35. The largest absolute Gasteiger partial charge is 0.507 e. The number of hydrogen-bond acceptors (Lipinski definition) is 3. The van der Waals surface area contributed by atoms with Crippen molar-refractivity contribution in [2.75, 3.05) is 7.11 Å². The zero-order chi connectivity index (χ0) is 11.7. The van der Waals surface area contributed by atoms with Crippen molar-refractivity contribution in [2.24, 2.45) is 0 Å². The SMILES string of the molecule is COC(=O)c1c(C)c(C)c(O)c(C)c1Cl. The molecule has 0 aliphatic carbocycles. The summed E-state index contributed by atoms with van der Waals surface area (Å²) in [5.41, 5.74) is 2.12. The van der Waals surface area contributed by atoms with Crippen LogP contribution in [-0.2, 0) is 4.74 Å². The summed E-state index contributed by atoms with van der Waals surface area (Å²) in [6.45, 7) is 5.13. The molecule has 0 amide bonds. The summed E-state index contributed by atoms with van der Waals surface area (Å²) >= 11 is 5.99. The Labute approximate surface area is 93.6 Å². The van der Waals surface area contributed by atoms with E-state index in [2.05, 4.69) is 4.74 Å². The van der Waals surface area contributed by atoms with Crippen LogP contribution >= 0.6 is 11.6 Å². The topological polar surface area (TPSA) is 46.5 Å². The molecule has 1 rings (SSSR count). The average molecular weight is 229 g/mol. The molecule has 4 heteroatoms. The van der Waals surface area contributed by atoms with Crippen molar-refractivity contribution >= 4 is 17.6 Å². The standard InChI is InChI=1S/C11H13ClO3/c1-5-6(2)10(13)7(3)9(12)8(5)11(14)15-4/h13H,1-4H3. The summed E-state index contributed by atoms with van der Waals surface area (Å²) in [4.78, 5) is 11.5. The molecule has 15 heavy (non-hydrogen) atoms. The minimum Gasteiger partial charge on any atom is -0.507 e. The number of phenols is 1. The molecule has 0 heterocycles. The molecular weight excluding hydrogens is 216 g/mol. The van der Waals surface area contributed by atoms with Gasteiger partial charge in [-0.1, -0.05) is 11.6 Å². The summed E-state index contributed by atoms with van der Waals surface area (Å²) in [5.74, 6) is -0.353. The van der Waals surface area contributed by atoms with Gasteiger partial charge in [0.15, 0.2) is 0 Å². The number of carbonyl (C=O) groups is 1. The Morgan fingerprint density at radius 1 is 1.20 bits per heavy atom. The van der Waals surface area contributed by atoms with Gasteiger partial charge in [0.1, 0.15) is 5.75 Å². The highest BCUT2D eigenvalue weighted by Gasteiger charge is 2.21. The lowest BCUT2D eigenvalue weighted by Crippen LogP contribution is -2.07. The summed E-state index contributed by atoms with van der Waals surface area (Å²) < 4.78 is 4.64. The molecule has 0 bridgehead atoms. The third-order valence-electron chi connectivity index (χ3n) is 2.59. The fourth-order valence-electron chi connectivity index (χ4n) is 1.45. The zero-order valence-corrected chi connectivity index (χ0v) is 9.90. The van der Waals surface area contributed by atoms with Gasteiger partial charge in [-0.15, -0.1) is 0 Å². The molecule has 0 atom stereocenters. The number of ether oxygens (including phenoxy) is 1. The monoisotopic (exact) mass is 228 g/mol. The predicted octanol–water partition coefficient (Wildman–Crippen LogP) is 2.76. The van der Waals surface area contributed by atoms with E-state index in [9.17, 15) is 9.90 Å². The fourth-order valence-corrected chi connectivity index (χ4v) is 1.76. The first-order valence-electron chi connectivity index (χ1n) is 4.48. The summed E-state index contributed by atoms with van der Waals surface area (Å²) in [7, 11) is 1.30. The van der Waals surface area contributed by atoms with Crippen molar-refractivity contribution < 1.29 is 14.6 Å². The van der Waals surface area contributed by atoms with Gasteiger partial charge in [0, 0.05) is 5.56 Å². The van der Waals surface area contributed by atoms with E-state index in [1.807, 2.05) is 0 Å². The lowest BCUT2D eigenvalue weighted by molar-refractivity contribution is 0.0600. The highest BCUT2D eigenvalue weighted by molar-refractivity contribution is 6.34. The maximum atomic E-state index is 11.5. The van der Waals surface area contributed by atoms with E-state index in [0.29, 0.717) is 22.3 Å². The molecule has 0 fully saturated rings. The number of benzene rings is 1. The Balaban J connectivity index is 3.60. The van der Waals surface area contributed by atoms with E-state index in [1.165, 1.54) is 7.11 Å². The molecule has 0 aliphatic rings. The van der Waals surface area contributed by atoms with Crippen LogP contribution in [-0.4, -0.2) is 18.2 Å². The molecule has 1 aromatic rings. The molecule has 0 radical (unpaired) electrons. The number of carbonyl (C=O) groups excluding carboxylic acids is 1. The van der Waals surface area contributed by atoms with Gasteiger partial charge in [-0.05, 0) is 31.9 Å². The van der Waals surface area contributed by atoms with E-state index in [4.69, 9.17) is 11.6 Å². The Bertz CT molecular complexity index is 395. The van der Waals surface area contributed by atoms with Crippen LogP contribution in [0.1, 0.15) is 27.0 Å². The van der Waals surface area contributed by atoms with E-state index < -0.39 is 5.97 Å². The van der Waals surface area contributed by atoms with Crippen molar-refractivity contribution in [3.8, 4) is 5.75 Å². The predicted molar refractivity (Wildman–Crippen MR) is 58.7 cm³/mol. The lowest BCUT2D eigenvalue weighted by atomic mass is 9.98. The maximum Gasteiger partial charge on any atom is 0.339 e. The van der Waals surface area contributed by atoms with Crippen LogP contribution < -0.4 is 0 Å². The van der Waals surface area contributed by atoms with Gasteiger partial charge in [0.05, 0.1) is 17.7 Å². The van der Waals surface area contributed by atoms with Crippen molar-refractivity contribution in [1.29, 1.82) is 0 Å². The Hall–Kier alpha value is -1.22. The first-order chi connectivity index (χ1) is 6.91. The maximum absolute atomic E-state index is 11.5. The van der Waals surface area contributed by atoms with Gasteiger partial charge in [0.25, 0.3) is 0 Å². The van der Waals surface area contributed by atoms with Gasteiger partial charge < -0.3 is 9.84 Å². The molecule has 0 spiro atoms. The molecule has 3 nitrogen and oxygen atoms in total. The van der Waals surface area contributed by atoms with E-state index >= 15 is 0 Å². The molecule has 0 unspecified atom stereocenters. The second-order valence-corrected chi connectivity index (χ2v) is 3.78. The number of halogens is 1. The third kappa shape index (κ3) is 1.79. The van der Waals surface area contributed by atoms with E-state index in [0.717, 1.165) is 0 Å². The number of rotatable bonds is 1. The molecule has 1 aromatic carbocycles. The normalized spacial score (nSPS) is 10.2. The lowest BCUT2D eigenvalue weighted by Gasteiger charge is -2.14. The third-order valence-corrected chi connectivity index (χ3v) is 3.06. The molecule has 0 saturated heterocycles. The second kappa shape index (κ2) is 4.11. The zero-order valence-electron chi connectivity index (χ0n) is 9.14. The number of phenolic OH excluding ortho intramolecular Hbond substituents is 1. The van der Waals surface area contributed by atoms with Crippen LogP contribution in [0, 0.1) is 20.8 Å². The molecule has 0 saturated carbocycles. The van der Waals surface area contributed by atoms with Crippen LogP contribution in [0.4, 0.5) is 0 Å². The Morgan fingerprint density at radius 3 is 2.20 bits per heavy atom. The van der Waals surface area contributed by atoms with Crippen LogP contribution in [0.15, 0.2) is 0 Å². The van der Waals surface area contributed by atoms with Gasteiger partial charge in [-0.25, -0.2) is 4.79 Å². The van der Waals surface area contributed by atoms with Gasteiger partial charge >= 0.3 is 5.97 Å². The van der Waals surface area contributed by atoms with Crippen LogP contribution in [0.5, 0.6) is 5.75 Å². The smallest absolute Gasteiger partial charge is 0.339 e. The first kappa shape index (κ1) is 11.9. The minimum absolute atomic E-state index is 0.130. The summed E-state index contributed by atoms with van der Waals surface area (Å²) in [6, 6.07) is 0. The Kier molecular flexibility index (Phi) is 3.25. The second-order valence-electron chi connectivity index (χ2n) is 3.40. The molecule has 0 aromatic heterocycles. The quantitative estimate of drug-likeness (QED) is 0.752. The average Bonchev–Trinajstić information content (AvgIpc) is 2.23. The van der Waals surface area contributed by atoms with Crippen molar-refractivity contribution in [3.63, 3.8) is 0 Å². The van der Waals surface area contributed by atoms with Crippen molar-refractivity contribution in [1.82, 2.24) is 0 Å². The van der Waals surface area contributed by atoms with Crippen LogP contribution in [0.25, 0.3) is 0 Å². The number of hydrogen-bond donors (Lipinski definition) is 1. The van der Waals surface area contributed by atoms with Gasteiger partial charge in [-0.3, -0.25) is 0 Å². The molecular formula is C11H13ClO3. The number of esters is 1. The highest BCUT2D eigenvalue weighted by atomic mass is 35.5. The summed E-state index contributed by atoms with van der Waals surface area (Å²) in [6.07, 6.45) is 0. The number of methoxy groups -OCH3 is 1. The minimum atomic E-state index is -0.483. The van der Waals surface area contributed by atoms with Gasteiger partial charge in [-0.2, -0.15) is 0 Å². The fraction of sp³-hybridized carbons (Fsp3) is 0.364. The Morgan fingerprint density at radius 2 is 1.73 bits per heavy atom. The summed E-state index contributed by atoms with van der Waals surface area (Å²) in [5, 5.41) is 9.96. The van der Waals surface area contributed by atoms with E-state index in [-0.39, 0.29) is 10.8 Å². The van der Waals surface area contributed by atoms with Crippen molar-refractivity contribution in [3.05, 3.63) is 27.3 Å². The molecule has 0 aliphatic heterocycles. The van der Waals surface area contributed by atoms with Crippen molar-refractivity contribution in [2.45, 2.75) is 20.8 Å². The molecule has 1 N–H and O–H groups in total. The van der Waals surface area contributed by atoms with E-state index in [1.54, 1.807) is 20.8 Å². The molecule has 82 valence electrons. The number of aromatic hydroxyl groups is 1. The van der Waals surface area contributed by atoms with Crippen LogP contribution in [0.2, 0.25) is 5.02 Å². The first-order valence-corrected chi connectivity index (χ1v) is 4.86. The van der Waals surface area contributed by atoms with Crippen LogP contribution in [0.3, 0.4) is 0 Å².